The van der Waals surface area contributed by atoms with Crippen molar-refractivity contribution in [2.45, 2.75) is 31.4 Å². The number of benzene rings is 1. The molecule has 0 aliphatic heterocycles. The Hall–Kier alpha value is -1.06. The van der Waals surface area contributed by atoms with Crippen LogP contribution in [0.15, 0.2) is 18.2 Å². The molecule has 1 aliphatic carbocycles. The van der Waals surface area contributed by atoms with E-state index in [0.717, 1.165) is 31.6 Å². The zero-order valence-corrected chi connectivity index (χ0v) is 10.9. The summed E-state index contributed by atoms with van der Waals surface area (Å²) in [6.45, 7) is 0.857. The van der Waals surface area contributed by atoms with Crippen molar-refractivity contribution >= 4 is 0 Å². The molecule has 0 unspecified atom stereocenters. The summed E-state index contributed by atoms with van der Waals surface area (Å²) in [5.74, 6) is 0.922. The fourth-order valence-electron chi connectivity index (χ4n) is 2.11. The van der Waals surface area contributed by atoms with Crippen LogP contribution in [0.2, 0.25) is 0 Å². The molecule has 0 aromatic heterocycles. The number of methoxy groups -OCH3 is 1. The van der Waals surface area contributed by atoms with Crippen molar-refractivity contribution in [3.63, 3.8) is 0 Å². The maximum Gasteiger partial charge on any atom is 0.123 e. The largest absolute Gasteiger partial charge is 0.496 e. The smallest absolute Gasteiger partial charge is 0.123 e. The maximum absolute atomic E-state index is 9.94. The number of ether oxygens (including phenoxy) is 1. The Morgan fingerprint density at radius 2 is 2.06 bits per heavy atom. The second-order valence-corrected chi connectivity index (χ2v) is 5.29. The van der Waals surface area contributed by atoms with Crippen molar-refractivity contribution in [2.75, 3.05) is 21.2 Å². The normalized spacial score (nSPS) is 17.2. The van der Waals surface area contributed by atoms with Crippen LogP contribution in [0.5, 0.6) is 5.75 Å². The Balaban J connectivity index is 2.18. The van der Waals surface area contributed by atoms with Crippen molar-refractivity contribution in [1.29, 1.82) is 0 Å². The van der Waals surface area contributed by atoms with Gasteiger partial charge in [-0.15, -0.1) is 0 Å². The van der Waals surface area contributed by atoms with Gasteiger partial charge in [0.1, 0.15) is 5.75 Å². The molecule has 0 heterocycles. The van der Waals surface area contributed by atoms with Gasteiger partial charge in [-0.3, -0.25) is 0 Å². The van der Waals surface area contributed by atoms with E-state index in [2.05, 4.69) is 11.0 Å². The molecule has 0 bridgehead atoms. The number of rotatable bonds is 5. The fourth-order valence-corrected chi connectivity index (χ4v) is 2.11. The van der Waals surface area contributed by atoms with Crippen LogP contribution in [0.3, 0.4) is 0 Å². The second kappa shape index (κ2) is 4.67. The number of aliphatic hydroxyl groups is 1. The van der Waals surface area contributed by atoms with Gasteiger partial charge < -0.3 is 14.7 Å². The molecule has 94 valence electrons. The van der Waals surface area contributed by atoms with Crippen LogP contribution in [0, 0.1) is 0 Å². The lowest BCUT2D eigenvalue weighted by Gasteiger charge is -2.16. The molecule has 17 heavy (non-hydrogen) atoms. The van der Waals surface area contributed by atoms with Crippen LogP contribution < -0.4 is 4.74 Å². The Labute approximate surface area is 103 Å². The van der Waals surface area contributed by atoms with Gasteiger partial charge in [0.15, 0.2) is 0 Å². The van der Waals surface area contributed by atoms with Crippen molar-refractivity contribution in [1.82, 2.24) is 4.90 Å². The molecule has 3 heteroatoms. The first kappa shape index (κ1) is 12.4. The summed E-state index contributed by atoms with van der Waals surface area (Å²) in [7, 11) is 5.78. The highest BCUT2D eigenvalue weighted by molar-refractivity contribution is 5.38. The zero-order chi connectivity index (χ0) is 12.5. The van der Waals surface area contributed by atoms with Gasteiger partial charge in [0.05, 0.1) is 12.7 Å². The van der Waals surface area contributed by atoms with Crippen molar-refractivity contribution in [3.8, 4) is 5.75 Å². The summed E-state index contributed by atoms with van der Waals surface area (Å²) in [5, 5.41) is 9.94. The zero-order valence-electron chi connectivity index (χ0n) is 10.9. The molecule has 1 aromatic rings. The molecule has 1 aliphatic rings. The highest BCUT2D eigenvalue weighted by Gasteiger charge is 2.40. The fraction of sp³-hybridized carbons (Fsp3) is 0.571. The molecule has 1 N–H and O–H groups in total. The molecule has 0 saturated heterocycles. The standard InChI is InChI=1S/C14H21NO2/c1-15(2)10-12-8-11(4-5-13(12)17-3)9-14(16)6-7-14/h4-5,8,16H,6-7,9-10H2,1-3H3. The molecule has 1 aromatic carbocycles. The van der Waals surface area contributed by atoms with E-state index in [9.17, 15) is 5.11 Å². The van der Waals surface area contributed by atoms with Gasteiger partial charge in [0, 0.05) is 18.5 Å². The minimum Gasteiger partial charge on any atom is -0.496 e. The lowest BCUT2D eigenvalue weighted by atomic mass is 10.0. The number of nitrogens with zero attached hydrogens (tertiary/aromatic N) is 1. The molecule has 1 saturated carbocycles. The highest BCUT2D eigenvalue weighted by atomic mass is 16.5. The Bertz CT molecular complexity index is 397. The summed E-state index contributed by atoms with van der Waals surface area (Å²) in [5.41, 5.74) is 1.95. The van der Waals surface area contributed by atoms with Crippen LogP contribution in [0.1, 0.15) is 24.0 Å². The Kier molecular flexibility index (Phi) is 3.40. The average molecular weight is 235 g/mol. The molecule has 0 amide bonds. The van der Waals surface area contributed by atoms with Gasteiger partial charge in [-0.25, -0.2) is 0 Å². The third-order valence-electron chi connectivity index (χ3n) is 3.19. The summed E-state index contributed by atoms with van der Waals surface area (Å²) >= 11 is 0. The molecular weight excluding hydrogens is 214 g/mol. The van der Waals surface area contributed by atoms with Crippen molar-refractivity contribution in [2.24, 2.45) is 0 Å². The van der Waals surface area contributed by atoms with Crippen molar-refractivity contribution in [3.05, 3.63) is 29.3 Å². The minimum atomic E-state index is -0.427. The van der Waals surface area contributed by atoms with Gasteiger partial charge in [0.25, 0.3) is 0 Å². The Morgan fingerprint density at radius 3 is 2.59 bits per heavy atom. The van der Waals surface area contributed by atoms with E-state index in [4.69, 9.17) is 4.74 Å². The van der Waals surface area contributed by atoms with E-state index in [0.29, 0.717) is 0 Å². The van der Waals surface area contributed by atoms with Gasteiger partial charge in [-0.2, -0.15) is 0 Å². The predicted octanol–water partition coefficient (Wildman–Crippen LogP) is 1.82. The van der Waals surface area contributed by atoms with E-state index in [1.807, 2.05) is 26.2 Å². The van der Waals surface area contributed by atoms with Crippen LogP contribution in [-0.4, -0.2) is 36.8 Å². The summed E-state index contributed by atoms with van der Waals surface area (Å²) < 4.78 is 5.36. The van der Waals surface area contributed by atoms with E-state index in [1.165, 1.54) is 11.1 Å². The van der Waals surface area contributed by atoms with E-state index in [1.54, 1.807) is 7.11 Å². The van der Waals surface area contributed by atoms with E-state index in [-0.39, 0.29) is 0 Å². The molecule has 0 radical (unpaired) electrons. The quantitative estimate of drug-likeness (QED) is 0.845. The van der Waals surface area contributed by atoms with Crippen LogP contribution in [-0.2, 0) is 13.0 Å². The molecule has 2 rings (SSSR count). The van der Waals surface area contributed by atoms with Gasteiger partial charge in [0.2, 0.25) is 0 Å². The average Bonchev–Trinajstić information content (AvgIpc) is 2.95. The van der Waals surface area contributed by atoms with Gasteiger partial charge in [-0.05, 0) is 38.6 Å². The Morgan fingerprint density at radius 1 is 1.35 bits per heavy atom. The third-order valence-corrected chi connectivity index (χ3v) is 3.19. The maximum atomic E-state index is 9.94. The van der Waals surface area contributed by atoms with E-state index < -0.39 is 5.60 Å². The SMILES string of the molecule is COc1ccc(CC2(O)CC2)cc1CN(C)C. The minimum absolute atomic E-state index is 0.427. The first-order valence-corrected chi connectivity index (χ1v) is 6.05. The molecule has 0 atom stereocenters. The lowest BCUT2D eigenvalue weighted by Crippen LogP contribution is -2.14. The molecular formula is C14H21NO2. The molecule has 1 fully saturated rings. The summed E-state index contributed by atoms with van der Waals surface area (Å²) in [4.78, 5) is 2.12. The van der Waals surface area contributed by atoms with Crippen LogP contribution >= 0.6 is 0 Å². The summed E-state index contributed by atoms with van der Waals surface area (Å²) in [6, 6.07) is 6.20. The van der Waals surface area contributed by atoms with Crippen LogP contribution in [0.25, 0.3) is 0 Å². The highest BCUT2D eigenvalue weighted by Crippen LogP contribution is 2.38. The first-order valence-electron chi connectivity index (χ1n) is 6.05. The molecule has 0 spiro atoms. The summed E-state index contributed by atoms with van der Waals surface area (Å²) in [6.07, 6.45) is 2.63. The van der Waals surface area contributed by atoms with E-state index >= 15 is 0 Å². The topological polar surface area (TPSA) is 32.7 Å². The third kappa shape index (κ3) is 3.20. The predicted molar refractivity (Wildman–Crippen MR) is 68.3 cm³/mol. The van der Waals surface area contributed by atoms with Gasteiger partial charge in [-0.1, -0.05) is 12.1 Å². The molecule has 3 nitrogen and oxygen atoms in total. The number of hydrogen-bond acceptors (Lipinski definition) is 3. The second-order valence-electron chi connectivity index (χ2n) is 5.29. The monoisotopic (exact) mass is 235 g/mol. The van der Waals surface area contributed by atoms with Gasteiger partial charge >= 0.3 is 0 Å². The lowest BCUT2D eigenvalue weighted by molar-refractivity contribution is 0.151. The van der Waals surface area contributed by atoms with Crippen LogP contribution in [0.4, 0.5) is 0 Å². The number of hydrogen-bond donors (Lipinski definition) is 1. The first-order chi connectivity index (χ1) is 8.02. The van der Waals surface area contributed by atoms with Crippen molar-refractivity contribution < 1.29 is 9.84 Å².